The van der Waals surface area contributed by atoms with Crippen LogP contribution in [0.15, 0.2) is 352 Å². The lowest BCUT2D eigenvalue weighted by Gasteiger charge is -2.38. The monoisotopic (exact) mass is 1190 g/mol. The van der Waals surface area contributed by atoms with Gasteiger partial charge in [0.2, 0.25) is 0 Å². The molecule has 428 valence electrons. The zero-order chi connectivity index (χ0) is 60.4. The fourth-order valence-electron chi connectivity index (χ4n) is 13.0. The molecule has 14 aromatic rings. The average molecular weight is 1190 g/mol. The summed E-state index contributed by atoms with van der Waals surface area (Å²) >= 11 is 0. The first-order valence-corrected chi connectivity index (χ1v) is 33.6. The van der Waals surface area contributed by atoms with Crippen LogP contribution < -0.4 is 36.6 Å². The van der Waals surface area contributed by atoms with Crippen LogP contribution >= 0.6 is 15.8 Å². The lowest BCUT2D eigenvalue weighted by Crippen LogP contribution is -2.33. The zero-order valence-corrected chi connectivity index (χ0v) is 52.1. The predicted octanol–water partition coefficient (Wildman–Crippen LogP) is 21.0. The van der Waals surface area contributed by atoms with E-state index in [1.165, 1.54) is 132 Å². The number of rotatable bonds is 14. The van der Waals surface area contributed by atoms with Gasteiger partial charge >= 0.3 is 0 Å². The smallest absolute Gasteiger partial charge is 0.139 e. The normalized spacial score (nSPS) is 12.3. The Morgan fingerprint density at radius 2 is 0.389 bits per heavy atom. The van der Waals surface area contributed by atoms with Gasteiger partial charge in [0, 0.05) is 27.2 Å². The van der Waals surface area contributed by atoms with Crippen molar-refractivity contribution in [1.82, 2.24) is 0 Å². The quantitative estimate of drug-likeness (QED) is 0.0986. The Kier molecular flexibility index (Phi) is 15.5. The van der Waals surface area contributed by atoms with Crippen molar-refractivity contribution in [1.29, 1.82) is 0 Å². The summed E-state index contributed by atoms with van der Waals surface area (Å²) in [6.45, 7) is 4.82. The highest BCUT2D eigenvalue weighted by Crippen LogP contribution is 2.54. The van der Waals surface area contributed by atoms with Crippen molar-refractivity contribution >= 4 is 47.7 Å². The molecule has 1 nitrogen and oxygen atoms in total. The van der Waals surface area contributed by atoms with Gasteiger partial charge in [0.1, 0.15) is 11.5 Å². The van der Waals surface area contributed by atoms with Crippen LogP contribution in [0.25, 0.3) is 89.0 Å². The summed E-state index contributed by atoms with van der Waals surface area (Å²) in [5.74, 6) is 1.85. The summed E-state index contributed by atoms with van der Waals surface area (Å²) in [7, 11) is -2.74. The van der Waals surface area contributed by atoms with E-state index in [2.05, 4.69) is 366 Å². The van der Waals surface area contributed by atoms with Crippen LogP contribution in [-0.2, 0) is 5.41 Å². The molecule has 0 spiro atoms. The molecule has 3 heteroatoms. The second kappa shape index (κ2) is 24.7. The molecule has 14 aromatic carbocycles. The summed E-state index contributed by atoms with van der Waals surface area (Å²) < 4.78 is 8.17. The first-order chi connectivity index (χ1) is 44.4. The van der Waals surface area contributed by atoms with E-state index in [9.17, 15) is 0 Å². The Balaban J connectivity index is 1.00. The van der Waals surface area contributed by atoms with E-state index in [1.807, 2.05) is 0 Å². The van der Waals surface area contributed by atoms with E-state index in [-0.39, 0.29) is 0 Å². The van der Waals surface area contributed by atoms with Crippen molar-refractivity contribution < 1.29 is 4.74 Å². The lowest BCUT2D eigenvalue weighted by molar-refractivity contribution is 0.425. The fraction of sp³-hybridized carbons (Fsp3) is 0.0345. The molecule has 90 heavy (non-hydrogen) atoms. The van der Waals surface area contributed by atoms with E-state index >= 15 is 0 Å². The Hall–Kier alpha value is -10.3. The van der Waals surface area contributed by atoms with Crippen molar-refractivity contribution in [2.75, 3.05) is 0 Å². The number of fused-ring (bicyclic) bond motifs is 2. The van der Waals surface area contributed by atoms with Crippen molar-refractivity contribution in [3.8, 4) is 101 Å². The van der Waals surface area contributed by atoms with E-state index in [1.54, 1.807) is 0 Å². The molecule has 0 saturated heterocycles. The third-order valence-corrected chi connectivity index (χ3v) is 22.3. The van der Waals surface area contributed by atoms with Gasteiger partial charge in [-0.2, -0.15) is 0 Å². The van der Waals surface area contributed by atoms with Crippen molar-refractivity contribution in [3.05, 3.63) is 363 Å². The molecule has 0 aromatic heterocycles. The van der Waals surface area contributed by atoms with Crippen LogP contribution in [0, 0.1) is 0 Å². The number of hydrogen-bond acceptors (Lipinski definition) is 1. The summed E-state index contributed by atoms with van der Waals surface area (Å²) in [6.07, 6.45) is 0. The van der Waals surface area contributed by atoms with E-state index in [0.29, 0.717) is 0 Å². The average Bonchev–Trinajstić information content (AvgIpc) is 0.767. The number of ether oxygens (including phenoxy) is 1. The van der Waals surface area contributed by atoms with Crippen molar-refractivity contribution in [2.45, 2.75) is 19.3 Å². The topological polar surface area (TPSA) is 9.23 Å². The molecule has 0 N–H and O–H groups in total. The largest absolute Gasteiger partial charge is 0.455 e. The molecule has 0 aliphatic carbocycles. The molecule has 0 amide bonds. The van der Waals surface area contributed by atoms with E-state index < -0.39 is 21.3 Å². The lowest BCUT2D eigenvalue weighted by atomic mass is 9.76. The summed E-state index contributed by atoms with van der Waals surface area (Å²) in [5, 5.41) is 7.30. The Labute approximate surface area is 531 Å². The Bertz CT molecular complexity index is 4050. The van der Waals surface area contributed by atoms with Gasteiger partial charge in [-0.05, 0) is 199 Å². The second-order valence-electron chi connectivity index (χ2n) is 23.7. The van der Waals surface area contributed by atoms with Crippen LogP contribution in [0.2, 0.25) is 0 Å². The number of benzene rings is 14. The van der Waals surface area contributed by atoms with Crippen molar-refractivity contribution in [2.24, 2.45) is 0 Å². The van der Waals surface area contributed by atoms with Gasteiger partial charge in [-0.15, -0.1) is 0 Å². The van der Waals surface area contributed by atoms with Gasteiger partial charge in [-0.3, -0.25) is 0 Å². The minimum atomic E-state index is -1.37. The van der Waals surface area contributed by atoms with Gasteiger partial charge in [0.25, 0.3) is 0 Å². The molecule has 1 aliphatic rings. The van der Waals surface area contributed by atoms with Crippen LogP contribution in [0.4, 0.5) is 0 Å². The van der Waals surface area contributed by atoms with Crippen LogP contribution in [0.5, 0.6) is 11.5 Å². The highest BCUT2D eigenvalue weighted by molar-refractivity contribution is 7.80. The predicted molar refractivity (Wildman–Crippen MR) is 386 cm³/mol. The van der Waals surface area contributed by atoms with Gasteiger partial charge < -0.3 is 4.74 Å². The minimum Gasteiger partial charge on any atom is -0.455 e. The summed E-state index contributed by atoms with van der Waals surface area (Å²) in [6, 6.07) is 130. The molecular weight excluding hydrogens is 1120 g/mol. The minimum absolute atomic E-state index is 0.485. The fourth-order valence-corrected chi connectivity index (χ4v) is 18.1. The molecular formula is C87H64OP2. The molecule has 15 rings (SSSR count). The van der Waals surface area contributed by atoms with Crippen LogP contribution in [0.3, 0.4) is 0 Å². The first kappa shape index (κ1) is 56.3. The molecule has 0 bridgehead atoms. The molecule has 1 heterocycles. The molecule has 0 atom stereocenters. The molecule has 1 aliphatic heterocycles. The highest BCUT2D eigenvalue weighted by Gasteiger charge is 2.40. The van der Waals surface area contributed by atoms with Gasteiger partial charge in [-0.1, -0.05) is 293 Å². The maximum absolute atomic E-state index is 8.17. The zero-order valence-electron chi connectivity index (χ0n) is 50.3. The molecule has 0 radical (unpaired) electrons. The maximum Gasteiger partial charge on any atom is 0.139 e. The summed E-state index contributed by atoms with van der Waals surface area (Å²) in [4.78, 5) is 0. The van der Waals surface area contributed by atoms with Gasteiger partial charge in [0.15, 0.2) is 0 Å². The third kappa shape index (κ3) is 11.2. The highest BCUT2D eigenvalue weighted by atomic mass is 31.1. The Morgan fingerprint density at radius 1 is 0.200 bits per heavy atom. The van der Waals surface area contributed by atoms with Gasteiger partial charge in [0.05, 0.1) is 0 Å². The molecule has 0 unspecified atom stereocenters. The third-order valence-electron chi connectivity index (χ3n) is 17.6. The summed E-state index contributed by atoms with van der Waals surface area (Å²) in [5.41, 5.74) is 20.6. The molecule has 0 saturated carbocycles. The number of hydrogen-bond donors (Lipinski definition) is 0. The number of para-hydroxylation sites is 2. The van der Waals surface area contributed by atoms with Crippen LogP contribution in [0.1, 0.15) is 25.0 Å². The SMILES string of the molecule is CC1(C)c2cccc(P(c3cc(-c4ccccc4)cc(-c4ccccc4)c3)c3cc(-c4ccccc4)cc(-c4ccccc4)c3)c2Oc2c(P(c3cc(-c4ccccc4)cc(-c4ccccc4)c3)c3cc(-c4ccccc4)cc(-c4ccccc4)c3)cccc21. The van der Waals surface area contributed by atoms with Crippen LogP contribution in [-0.4, -0.2) is 0 Å². The Morgan fingerprint density at radius 3 is 0.578 bits per heavy atom. The van der Waals surface area contributed by atoms with Gasteiger partial charge in [-0.25, -0.2) is 0 Å². The maximum atomic E-state index is 8.17. The molecule has 0 fully saturated rings. The second-order valence-corrected chi connectivity index (χ2v) is 28.1. The van der Waals surface area contributed by atoms with E-state index in [0.717, 1.165) is 11.5 Å². The van der Waals surface area contributed by atoms with E-state index in [4.69, 9.17) is 4.74 Å². The standard InChI is InChI=1S/C87H64OP2/c1-87(2)81-45-27-47-83(89(77-53-69(61-29-11-3-12-30-61)49-70(54-77)62-31-13-4-14-32-62)78-55-71(63-33-15-5-16-34-63)50-72(56-78)64-35-17-6-18-36-64)85(81)88-86-82(87)46-28-48-84(86)90(79-57-73(65-37-19-7-20-38-65)51-74(58-79)66-39-21-8-22-40-66)80-59-75(67-41-23-9-24-42-67)52-76(60-80)68-43-25-10-26-44-68/h3-60H,1-2H3. The van der Waals surface area contributed by atoms with Crippen molar-refractivity contribution in [3.63, 3.8) is 0 Å². The first-order valence-electron chi connectivity index (χ1n) is 31.0.